The number of rotatable bonds is 4. The van der Waals surface area contributed by atoms with Crippen LogP contribution < -0.4 is 5.73 Å². The quantitative estimate of drug-likeness (QED) is 0.847. The SMILES string of the molecule is Cc1nc(CN2CCN(C(=O)CCN)CC2)oc1C. The standard InChI is InChI=1S/C13H22N4O2/c1-10-11(2)19-12(15-10)9-16-5-7-17(8-6-16)13(18)3-4-14/h3-9,14H2,1-2H3. The van der Waals surface area contributed by atoms with Crippen LogP contribution in [0.2, 0.25) is 0 Å². The van der Waals surface area contributed by atoms with Gasteiger partial charge in [0.2, 0.25) is 11.8 Å². The average Bonchev–Trinajstić information content (AvgIpc) is 2.69. The molecule has 0 atom stereocenters. The molecule has 0 saturated carbocycles. The zero-order valence-corrected chi connectivity index (χ0v) is 11.7. The highest BCUT2D eigenvalue weighted by Crippen LogP contribution is 2.12. The van der Waals surface area contributed by atoms with Crippen LogP contribution in [0.3, 0.4) is 0 Å². The molecule has 0 aliphatic carbocycles. The van der Waals surface area contributed by atoms with Crippen LogP contribution in [0, 0.1) is 13.8 Å². The van der Waals surface area contributed by atoms with Gasteiger partial charge in [-0.1, -0.05) is 0 Å². The lowest BCUT2D eigenvalue weighted by molar-refractivity contribution is -0.132. The van der Waals surface area contributed by atoms with Crippen molar-refractivity contribution in [2.24, 2.45) is 5.73 Å². The summed E-state index contributed by atoms with van der Waals surface area (Å²) in [6, 6.07) is 0. The van der Waals surface area contributed by atoms with Crippen LogP contribution in [0.1, 0.15) is 23.8 Å². The fourth-order valence-electron chi connectivity index (χ4n) is 2.24. The molecule has 19 heavy (non-hydrogen) atoms. The van der Waals surface area contributed by atoms with E-state index in [1.165, 1.54) is 0 Å². The molecule has 1 amide bonds. The van der Waals surface area contributed by atoms with E-state index in [4.69, 9.17) is 10.2 Å². The highest BCUT2D eigenvalue weighted by atomic mass is 16.4. The first-order valence-corrected chi connectivity index (χ1v) is 6.73. The molecule has 1 aromatic heterocycles. The van der Waals surface area contributed by atoms with Crippen molar-refractivity contribution in [2.45, 2.75) is 26.8 Å². The number of hydrogen-bond acceptors (Lipinski definition) is 5. The van der Waals surface area contributed by atoms with E-state index in [2.05, 4.69) is 9.88 Å². The third-order valence-electron chi connectivity index (χ3n) is 3.51. The van der Waals surface area contributed by atoms with Gasteiger partial charge >= 0.3 is 0 Å². The van der Waals surface area contributed by atoms with Crippen LogP contribution in [-0.4, -0.2) is 53.4 Å². The van der Waals surface area contributed by atoms with E-state index >= 15 is 0 Å². The summed E-state index contributed by atoms with van der Waals surface area (Å²) < 4.78 is 5.58. The maximum atomic E-state index is 11.7. The third-order valence-corrected chi connectivity index (χ3v) is 3.51. The second-order valence-electron chi connectivity index (χ2n) is 4.94. The van der Waals surface area contributed by atoms with Gasteiger partial charge in [0.1, 0.15) is 5.76 Å². The molecular weight excluding hydrogens is 244 g/mol. The van der Waals surface area contributed by atoms with Gasteiger partial charge in [-0.15, -0.1) is 0 Å². The molecule has 6 nitrogen and oxygen atoms in total. The maximum absolute atomic E-state index is 11.7. The van der Waals surface area contributed by atoms with Crippen LogP contribution in [-0.2, 0) is 11.3 Å². The lowest BCUT2D eigenvalue weighted by Gasteiger charge is -2.34. The van der Waals surface area contributed by atoms with Gasteiger partial charge in [-0.3, -0.25) is 9.69 Å². The molecule has 2 N–H and O–H groups in total. The molecule has 2 heterocycles. The Bertz CT molecular complexity index is 416. The molecule has 2 rings (SSSR count). The molecule has 1 saturated heterocycles. The summed E-state index contributed by atoms with van der Waals surface area (Å²) in [6.45, 7) is 8.26. The summed E-state index contributed by atoms with van der Waals surface area (Å²) in [7, 11) is 0. The Labute approximate surface area is 113 Å². The van der Waals surface area contributed by atoms with Crippen LogP contribution in [0.5, 0.6) is 0 Å². The Hall–Kier alpha value is -1.40. The van der Waals surface area contributed by atoms with Crippen molar-refractivity contribution < 1.29 is 9.21 Å². The van der Waals surface area contributed by atoms with Crippen molar-refractivity contribution in [2.75, 3.05) is 32.7 Å². The van der Waals surface area contributed by atoms with Crippen molar-refractivity contribution in [1.29, 1.82) is 0 Å². The Morgan fingerprint density at radius 1 is 1.32 bits per heavy atom. The smallest absolute Gasteiger partial charge is 0.223 e. The van der Waals surface area contributed by atoms with Gasteiger partial charge in [0.15, 0.2) is 0 Å². The predicted molar refractivity (Wildman–Crippen MR) is 71.5 cm³/mol. The first kappa shape index (κ1) is 14.0. The lowest BCUT2D eigenvalue weighted by atomic mass is 10.2. The Kier molecular flexibility index (Phi) is 4.55. The highest BCUT2D eigenvalue weighted by molar-refractivity contribution is 5.76. The second-order valence-corrected chi connectivity index (χ2v) is 4.94. The number of carbonyl (C=O) groups excluding carboxylic acids is 1. The van der Waals surface area contributed by atoms with Crippen molar-refractivity contribution in [3.8, 4) is 0 Å². The molecule has 1 aromatic rings. The molecule has 1 fully saturated rings. The van der Waals surface area contributed by atoms with Crippen molar-refractivity contribution in [3.05, 3.63) is 17.3 Å². The Morgan fingerprint density at radius 3 is 2.53 bits per heavy atom. The number of oxazole rings is 1. The molecule has 0 aromatic carbocycles. The maximum Gasteiger partial charge on any atom is 0.223 e. The Balaban J connectivity index is 1.82. The van der Waals surface area contributed by atoms with E-state index in [0.29, 0.717) is 19.5 Å². The van der Waals surface area contributed by atoms with E-state index < -0.39 is 0 Å². The van der Waals surface area contributed by atoms with Gasteiger partial charge in [0.05, 0.1) is 12.2 Å². The van der Waals surface area contributed by atoms with Gasteiger partial charge < -0.3 is 15.1 Å². The minimum absolute atomic E-state index is 0.157. The van der Waals surface area contributed by atoms with Gasteiger partial charge in [0, 0.05) is 39.1 Å². The lowest BCUT2D eigenvalue weighted by Crippen LogP contribution is -2.48. The Morgan fingerprint density at radius 2 is 2.00 bits per heavy atom. The summed E-state index contributed by atoms with van der Waals surface area (Å²) in [6.07, 6.45) is 0.443. The zero-order chi connectivity index (χ0) is 13.8. The molecule has 0 spiro atoms. The van der Waals surface area contributed by atoms with Crippen molar-refractivity contribution in [3.63, 3.8) is 0 Å². The molecular formula is C13H22N4O2. The number of amides is 1. The number of hydrogen-bond donors (Lipinski definition) is 1. The van der Waals surface area contributed by atoms with Crippen LogP contribution in [0.4, 0.5) is 0 Å². The number of nitrogens with two attached hydrogens (primary N) is 1. The molecule has 106 valence electrons. The van der Waals surface area contributed by atoms with Crippen LogP contribution >= 0.6 is 0 Å². The van der Waals surface area contributed by atoms with E-state index in [9.17, 15) is 4.79 Å². The fourth-order valence-corrected chi connectivity index (χ4v) is 2.24. The summed E-state index contributed by atoms with van der Waals surface area (Å²) in [5, 5.41) is 0. The largest absolute Gasteiger partial charge is 0.444 e. The summed E-state index contributed by atoms with van der Waals surface area (Å²) in [5.74, 6) is 1.80. The normalized spacial score (nSPS) is 16.9. The predicted octanol–water partition coefficient (Wildman–Crippen LogP) is 0.284. The number of aromatic nitrogens is 1. The summed E-state index contributed by atoms with van der Waals surface area (Å²) in [5.41, 5.74) is 6.35. The van der Waals surface area contributed by atoms with Crippen molar-refractivity contribution >= 4 is 5.91 Å². The molecule has 1 aliphatic heterocycles. The average molecular weight is 266 g/mol. The molecule has 0 unspecified atom stereocenters. The first-order valence-electron chi connectivity index (χ1n) is 6.73. The summed E-state index contributed by atoms with van der Waals surface area (Å²) >= 11 is 0. The van der Waals surface area contributed by atoms with Gasteiger partial charge in [-0.25, -0.2) is 4.98 Å². The number of aryl methyl sites for hydroxylation is 2. The zero-order valence-electron chi connectivity index (χ0n) is 11.7. The van der Waals surface area contributed by atoms with E-state index in [0.717, 1.165) is 43.5 Å². The minimum Gasteiger partial charge on any atom is -0.444 e. The number of carbonyl (C=O) groups is 1. The van der Waals surface area contributed by atoms with Gasteiger partial charge in [-0.2, -0.15) is 0 Å². The number of nitrogens with zero attached hydrogens (tertiary/aromatic N) is 3. The molecule has 0 bridgehead atoms. The number of piperazine rings is 1. The van der Waals surface area contributed by atoms with Gasteiger partial charge in [-0.05, 0) is 13.8 Å². The first-order chi connectivity index (χ1) is 9.10. The topological polar surface area (TPSA) is 75.6 Å². The van der Waals surface area contributed by atoms with E-state index in [1.807, 2.05) is 18.7 Å². The van der Waals surface area contributed by atoms with E-state index in [1.54, 1.807) is 0 Å². The molecule has 6 heteroatoms. The van der Waals surface area contributed by atoms with Crippen LogP contribution in [0.25, 0.3) is 0 Å². The van der Waals surface area contributed by atoms with Crippen molar-refractivity contribution in [1.82, 2.24) is 14.8 Å². The molecule has 0 radical (unpaired) electrons. The third kappa shape index (κ3) is 3.54. The molecule has 1 aliphatic rings. The van der Waals surface area contributed by atoms with E-state index in [-0.39, 0.29) is 5.91 Å². The summed E-state index contributed by atoms with van der Waals surface area (Å²) in [4.78, 5) is 20.2. The fraction of sp³-hybridized carbons (Fsp3) is 0.692. The van der Waals surface area contributed by atoms with Gasteiger partial charge in [0.25, 0.3) is 0 Å². The second kappa shape index (κ2) is 6.16. The monoisotopic (exact) mass is 266 g/mol. The minimum atomic E-state index is 0.157. The highest BCUT2D eigenvalue weighted by Gasteiger charge is 2.21. The van der Waals surface area contributed by atoms with Crippen LogP contribution in [0.15, 0.2) is 4.42 Å².